The predicted molar refractivity (Wildman–Crippen MR) is 87.2 cm³/mol. The lowest BCUT2D eigenvalue weighted by atomic mass is 10.2. The summed E-state index contributed by atoms with van der Waals surface area (Å²) in [6.45, 7) is 12.3. The Labute approximate surface area is 130 Å². The van der Waals surface area contributed by atoms with Crippen LogP contribution >= 0.6 is 15.9 Å². The Bertz CT molecular complexity index is 428. The molecule has 1 aliphatic heterocycles. The van der Waals surface area contributed by atoms with Gasteiger partial charge in [-0.2, -0.15) is 0 Å². The van der Waals surface area contributed by atoms with Crippen LogP contribution in [0.5, 0.6) is 0 Å². The summed E-state index contributed by atoms with van der Waals surface area (Å²) in [4.78, 5) is 14.1. The van der Waals surface area contributed by atoms with Gasteiger partial charge in [-0.1, -0.05) is 20.8 Å². The summed E-state index contributed by atoms with van der Waals surface area (Å²) in [6.07, 6.45) is 2.03. The van der Waals surface area contributed by atoms with E-state index in [4.69, 9.17) is 4.98 Å². The fourth-order valence-corrected chi connectivity index (χ4v) is 3.03. The van der Waals surface area contributed by atoms with Crippen LogP contribution < -0.4 is 4.90 Å². The first kappa shape index (κ1) is 15.7. The predicted octanol–water partition coefficient (Wildman–Crippen LogP) is 2.97. The second kappa shape index (κ2) is 7.36. The highest BCUT2D eigenvalue weighted by atomic mass is 79.9. The molecule has 1 saturated heterocycles. The van der Waals surface area contributed by atoms with E-state index in [0.717, 1.165) is 61.2 Å². The Morgan fingerprint density at radius 1 is 1.20 bits per heavy atom. The van der Waals surface area contributed by atoms with Crippen molar-refractivity contribution in [2.45, 2.75) is 33.6 Å². The molecule has 1 aromatic rings. The van der Waals surface area contributed by atoms with Crippen LogP contribution in [0.25, 0.3) is 0 Å². The molecule has 0 aliphatic carbocycles. The van der Waals surface area contributed by atoms with Gasteiger partial charge in [0.15, 0.2) is 0 Å². The highest BCUT2D eigenvalue weighted by Crippen LogP contribution is 2.19. The lowest BCUT2D eigenvalue weighted by Crippen LogP contribution is -2.47. The molecule has 0 aromatic carbocycles. The van der Waals surface area contributed by atoms with Gasteiger partial charge in [0.25, 0.3) is 0 Å². The van der Waals surface area contributed by atoms with Crippen LogP contribution in [0.2, 0.25) is 0 Å². The van der Waals surface area contributed by atoms with E-state index in [2.05, 4.69) is 51.5 Å². The van der Waals surface area contributed by atoms with Crippen LogP contribution in [-0.4, -0.2) is 47.6 Å². The molecule has 0 radical (unpaired) electrons. The van der Waals surface area contributed by atoms with Crippen molar-refractivity contribution in [3.63, 3.8) is 0 Å². The largest absolute Gasteiger partial charge is 0.354 e. The third-order valence-electron chi connectivity index (χ3n) is 3.52. The molecule has 0 amide bonds. The minimum atomic E-state index is 0.742. The smallest absolute Gasteiger partial charge is 0.133 e. The summed E-state index contributed by atoms with van der Waals surface area (Å²) in [5, 5.41) is 0. The summed E-state index contributed by atoms with van der Waals surface area (Å²) in [5.41, 5.74) is 0. The van der Waals surface area contributed by atoms with Crippen molar-refractivity contribution in [3.8, 4) is 0 Å². The van der Waals surface area contributed by atoms with Crippen LogP contribution in [0, 0.1) is 5.92 Å². The zero-order chi connectivity index (χ0) is 14.5. The number of anilines is 1. The SMILES string of the molecule is CCCc1nc(Br)cc(N2CCN(CC(C)C)CC2)n1. The summed E-state index contributed by atoms with van der Waals surface area (Å²) >= 11 is 3.51. The maximum Gasteiger partial charge on any atom is 0.133 e. The van der Waals surface area contributed by atoms with E-state index in [0.29, 0.717) is 0 Å². The van der Waals surface area contributed by atoms with E-state index in [9.17, 15) is 0 Å². The highest BCUT2D eigenvalue weighted by Gasteiger charge is 2.19. The molecule has 4 nitrogen and oxygen atoms in total. The molecule has 20 heavy (non-hydrogen) atoms. The number of rotatable bonds is 5. The first-order valence-corrected chi connectivity index (χ1v) is 8.38. The Morgan fingerprint density at radius 2 is 1.90 bits per heavy atom. The Balaban J connectivity index is 1.99. The van der Waals surface area contributed by atoms with E-state index >= 15 is 0 Å². The van der Waals surface area contributed by atoms with Gasteiger partial charge in [-0.15, -0.1) is 0 Å². The van der Waals surface area contributed by atoms with Crippen molar-refractivity contribution in [2.24, 2.45) is 5.92 Å². The van der Waals surface area contributed by atoms with Crippen LogP contribution in [0.1, 0.15) is 33.0 Å². The molecule has 112 valence electrons. The van der Waals surface area contributed by atoms with E-state index in [1.165, 1.54) is 6.54 Å². The Hall–Kier alpha value is -0.680. The maximum atomic E-state index is 4.70. The standard InChI is InChI=1S/C15H25BrN4/c1-4-5-14-17-13(16)10-15(18-14)20-8-6-19(7-9-20)11-12(2)3/h10,12H,4-9,11H2,1-3H3. The normalized spacial score (nSPS) is 16.9. The van der Waals surface area contributed by atoms with E-state index in [1.54, 1.807) is 0 Å². The molecular formula is C15H25BrN4. The topological polar surface area (TPSA) is 32.3 Å². The lowest BCUT2D eigenvalue weighted by Gasteiger charge is -2.36. The van der Waals surface area contributed by atoms with Crippen LogP contribution in [0.15, 0.2) is 10.7 Å². The average Bonchev–Trinajstić information content (AvgIpc) is 2.38. The van der Waals surface area contributed by atoms with E-state index in [-0.39, 0.29) is 0 Å². The molecule has 0 N–H and O–H groups in total. The number of aryl methyl sites for hydroxylation is 1. The van der Waals surface area contributed by atoms with Crippen molar-refractivity contribution in [1.82, 2.24) is 14.9 Å². The summed E-state index contributed by atoms with van der Waals surface area (Å²) in [7, 11) is 0. The van der Waals surface area contributed by atoms with Crippen LogP contribution in [-0.2, 0) is 6.42 Å². The van der Waals surface area contributed by atoms with Crippen molar-refractivity contribution in [3.05, 3.63) is 16.5 Å². The van der Waals surface area contributed by atoms with Crippen LogP contribution in [0.4, 0.5) is 5.82 Å². The fraction of sp³-hybridized carbons (Fsp3) is 0.733. The second-order valence-corrected chi connectivity index (χ2v) is 6.71. The number of hydrogen-bond acceptors (Lipinski definition) is 4. The van der Waals surface area contributed by atoms with Gasteiger partial charge in [0.1, 0.15) is 16.2 Å². The van der Waals surface area contributed by atoms with Gasteiger partial charge in [0.2, 0.25) is 0 Å². The van der Waals surface area contributed by atoms with E-state index < -0.39 is 0 Å². The molecule has 5 heteroatoms. The van der Waals surface area contributed by atoms with Crippen molar-refractivity contribution >= 4 is 21.7 Å². The molecular weight excluding hydrogens is 316 g/mol. The van der Waals surface area contributed by atoms with Crippen molar-refractivity contribution < 1.29 is 0 Å². The molecule has 0 bridgehead atoms. The molecule has 0 saturated carbocycles. The first-order chi connectivity index (χ1) is 9.58. The van der Waals surface area contributed by atoms with Crippen molar-refractivity contribution in [1.29, 1.82) is 0 Å². The quantitative estimate of drug-likeness (QED) is 0.771. The van der Waals surface area contributed by atoms with Gasteiger partial charge in [0, 0.05) is 45.2 Å². The van der Waals surface area contributed by atoms with Crippen LogP contribution in [0.3, 0.4) is 0 Å². The monoisotopic (exact) mass is 340 g/mol. The Morgan fingerprint density at radius 3 is 2.50 bits per heavy atom. The summed E-state index contributed by atoms with van der Waals surface area (Å²) in [5.74, 6) is 2.76. The third-order valence-corrected chi connectivity index (χ3v) is 3.93. The maximum absolute atomic E-state index is 4.70. The zero-order valence-electron chi connectivity index (χ0n) is 12.8. The van der Waals surface area contributed by atoms with Gasteiger partial charge in [-0.05, 0) is 28.3 Å². The van der Waals surface area contributed by atoms with E-state index in [1.807, 2.05) is 6.07 Å². The number of aromatic nitrogens is 2. The molecule has 0 spiro atoms. The highest BCUT2D eigenvalue weighted by molar-refractivity contribution is 9.10. The number of hydrogen-bond donors (Lipinski definition) is 0. The molecule has 0 unspecified atom stereocenters. The lowest BCUT2D eigenvalue weighted by molar-refractivity contribution is 0.231. The Kier molecular flexibility index (Phi) is 5.78. The van der Waals surface area contributed by atoms with Crippen molar-refractivity contribution in [2.75, 3.05) is 37.6 Å². The van der Waals surface area contributed by atoms with Gasteiger partial charge >= 0.3 is 0 Å². The van der Waals surface area contributed by atoms with Gasteiger partial charge in [0.05, 0.1) is 0 Å². The molecule has 2 rings (SSSR count). The molecule has 1 aliphatic rings. The third kappa shape index (κ3) is 4.42. The second-order valence-electron chi connectivity index (χ2n) is 5.90. The number of nitrogens with zero attached hydrogens (tertiary/aromatic N) is 4. The average molecular weight is 341 g/mol. The zero-order valence-corrected chi connectivity index (χ0v) is 14.4. The summed E-state index contributed by atoms with van der Waals surface area (Å²) < 4.78 is 0.899. The number of halogens is 1. The molecule has 2 heterocycles. The number of piperazine rings is 1. The molecule has 0 atom stereocenters. The molecule has 1 fully saturated rings. The fourth-order valence-electron chi connectivity index (χ4n) is 2.62. The van der Waals surface area contributed by atoms with Gasteiger partial charge in [-0.3, -0.25) is 4.90 Å². The minimum Gasteiger partial charge on any atom is -0.354 e. The van der Waals surface area contributed by atoms with Gasteiger partial charge < -0.3 is 4.90 Å². The van der Waals surface area contributed by atoms with Gasteiger partial charge in [-0.25, -0.2) is 9.97 Å². The first-order valence-electron chi connectivity index (χ1n) is 7.59. The minimum absolute atomic E-state index is 0.742. The molecule has 1 aromatic heterocycles. The summed E-state index contributed by atoms with van der Waals surface area (Å²) in [6, 6.07) is 2.04.